The van der Waals surface area contributed by atoms with Crippen molar-refractivity contribution in [3.8, 4) is 0 Å². The second-order valence-corrected chi connectivity index (χ2v) is 10.7. The van der Waals surface area contributed by atoms with Gasteiger partial charge in [-0.3, -0.25) is 9.59 Å². The van der Waals surface area contributed by atoms with Gasteiger partial charge in [0.2, 0.25) is 5.91 Å². The first kappa shape index (κ1) is 29.5. The first-order valence-electron chi connectivity index (χ1n) is 14.3. The number of nitrogens with zero attached hydrogens (tertiary/aromatic N) is 2. The largest absolute Gasteiger partial charge is 0.463 e. The van der Waals surface area contributed by atoms with Crippen LogP contribution in [0.15, 0.2) is 59.8 Å². The van der Waals surface area contributed by atoms with Gasteiger partial charge in [-0.15, -0.1) is 0 Å². The number of rotatable bonds is 10. The van der Waals surface area contributed by atoms with Gasteiger partial charge in [-0.05, 0) is 82.0 Å². The Balaban J connectivity index is 1.45. The highest BCUT2D eigenvalue weighted by atomic mass is 19.1. The van der Waals surface area contributed by atoms with Gasteiger partial charge in [-0.25, -0.2) is 9.18 Å². The fraction of sp³-hybridized carbons (Fsp3) is 0.469. The number of hydrogen-bond acceptors (Lipinski definition) is 5. The lowest BCUT2D eigenvalue weighted by Crippen LogP contribution is -2.39. The van der Waals surface area contributed by atoms with Gasteiger partial charge in [0.25, 0.3) is 5.91 Å². The Morgan fingerprint density at radius 3 is 2.62 bits per heavy atom. The molecule has 2 aromatic rings. The molecule has 2 amide bonds. The third-order valence-corrected chi connectivity index (χ3v) is 7.97. The van der Waals surface area contributed by atoms with E-state index in [0.717, 1.165) is 25.1 Å². The van der Waals surface area contributed by atoms with Crippen molar-refractivity contribution < 1.29 is 23.5 Å². The van der Waals surface area contributed by atoms with Crippen molar-refractivity contribution in [2.24, 2.45) is 0 Å². The van der Waals surface area contributed by atoms with E-state index in [4.69, 9.17) is 4.74 Å². The predicted molar refractivity (Wildman–Crippen MR) is 152 cm³/mol. The van der Waals surface area contributed by atoms with Crippen molar-refractivity contribution in [3.63, 3.8) is 0 Å². The lowest BCUT2D eigenvalue weighted by Gasteiger charge is -2.34. The molecule has 1 saturated heterocycles. The van der Waals surface area contributed by atoms with Crippen LogP contribution >= 0.6 is 0 Å². The summed E-state index contributed by atoms with van der Waals surface area (Å²) in [6.45, 7) is 8.87. The molecule has 0 saturated carbocycles. The van der Waals surface area contributed by atoms with Crippen molar-refractivity contribution in [2.45, 2.75) is 71.4 Å². The number of esters is 1. The zero-order valence-electron chi connectivity index (χ0n) is 23.7. The van der Waals surface area contributed by atoms with Gasteiger partial charge >= 0.3 is 5.97 Å². The van der Waals surface area contributed by atoms with E-state index in [9.17, 15) is 18.8 Å². The number of carbonyl (C=O) groups excluding carboxylic acids is 3. The minimum absolute atomic E-state index is 0.0624. The molecule has 40 heavy (non-hydrogen) atoms. The lowest BCUT2D eigenvalue weighted by molar-refractivity contribution is -0.140. The van der Waals surface area contributed by atoms with Crippen molar-refractivity contribution >= 4 is 17.8 Å². The fourth-order valence-electron chi connectivity index (χ4n) is 5.73. The van der Waals surface area contributed by atoms with Crippen LogP contribution in [0.2, 0.25) is 0 Å². The molecular formula is C32H40FN3O4. The van der Waals surface area contributed by atoms with Crippen molar-refractivity contribution in [1.82, 2.24) is 15.1 Å². The van der Waals surface area contributed by atoms with Crippen LogP contribution in [-0.4, -0.2) is 59.9 Å². The molecule has 0 aliphatic carbocycles. The molecule has 0 spiro atoms. The minimum Gasteiger partial charge on any atom is -0.463 e. The van der Waals surface area contributed by atoms with Crippen LogP contribution in [0.1, 0.15) is 80.3 Å². The average molecular weight is 550 g/mol. The van der Waals surface area contributed by atoms with Crippen LogP contribution in [0.5, 0.6) is 0 Å². The maximum atomic E-state index is 13.5. The number of likely N-dealkylation sites (tertiary alicyclic amines) is 1. The van der Waals surface area contributed by atoms with Gasteiger partial charge < -0.3 is 19.9 Å². The van der Waals surface area contributed by atoms with E-state index in [1.165, 1.54) is 31.4 Å². The molecule has 2 aliphatic rings. The Morgan fingerprint density at radius 2 is 1.90 bits per heavy atom. The number of piperidine rings is 1. The zero-order chi connectivity index (χ0) is 28.6. The standard InChI is InChI=1S/C32H40FN3O4/c1-4-40-32(39)30-23(3)36(29(37)20-28(30)25-12-14-27(33)15-13-25)21-24-10-7-11-26(19-24)31(38)34-16-8-18-35-17-6-5-9-22(35)2/h7,10-15,19,22,28H,4-6,8-9,16-18,20-21H2,1-3H3,(H,34,38). The SMILES string of the molecule is CCOC(=O)C1=C(C)N(Cc2cccc(C(=O)NCCCN3CCCCC3C)c2)C(=O)CC1c1ccc(F)cc1. The summed E-state index contributed by atoms with van der Waals surface area (Å²) >= 11 is 0. The molecule has 4 rings (SSSR count). The third kappa shape index (κ3) is 7.16. The summed E-state index contributed by atoms with van der Waals surface area (Å²) in [4.78, 5) is 43.3. The van der Waals surface area contributed by atoms with E-state index in [1.54, 1.807) is 49.1 Å². The summed E-state index contributed by atoms with van der Waals surface area (Å²) in [7, 11) is 0. The number of halogens is 1. The van der Waals surface area contributed by atoms with Crippen LogP contribution in [0.4, 0.5) is 4.39 Å². The molecule has 0 radical (unpaired) electrons. The van der Waals surface area contributed by atoms with Crippen molar-refractivity contribution in [3.05, 3.63) is 82.3 Å². The first-order valence-corrected chi connectivity index (χ1v) is 14.3. The van der Waals surface area contributed by atoms with Gasteiger partial charge in [0.1, 0.15) is 5.82 Å². The van der Waals surface area contributed by atoms with Crippen LogP contribution in [0.3, 0.4) is 0 Å². The smallest absolute Gasteiger partial charge is 0.336 e. The van der Waals surface area contributed by atoms with Gasteiger partial charge in [0.05, 0.1) is 18.7 Å². The third-order valence-electron chi connectivity index (χ3n) is 7.97. The van der Waals surface area contributed by atoms with Gasteiger partial charge in [-0.2, -0.15) is 0 Å². The molecule has 0 bridgehead atoms. The van der Waals surface area contributed by atoms with E-state index < -0.39 is 11.9 Å². The molecule has 1 fully saturated rings. The number of ether oxygens (including phenoxy) is 1. The molecule has 2 atom stereocenters. The molecule has 2 unspecified atom stereocenters. The summed E-state index contributed by atoms with van der Waals surface area (Å²) in [5, 5.41) is 3.02. The van der Waals surface area contributed by atoms with Crippen molar-refractivity contribution in [2.75, 3.05) is 26.2 Å². The summed E-state index contributed by atoms with van der Waals surface area (Å²) in [5.74, 6) is -1.69. The van der Waals surface area contributed by atoms with Crippen LogP contribution < -0.4 is 5.32 Å². The zero-order valence-corrected chi connectivity index (χ0v) is 23.7. The molecule has 2 heterocycles. The van der Waals surface area contributed by atoms with Gasteiger partial charge in [0, 0.05) is 42.7 Å². The number of hydrogen-bond donors (Lipinski definition) is 1. The predicted octanol–water partition coefficient (Wildman–Crippen LogP) is 5.17. The van der Waals surface area contributed by atoms with E-state index >= 15 is 0 Å². The highest BCUT2D eigenvalue weighted by Crippen LogP contribution is 2.37. The topological polar surface area (TPSA) is 79.0 Å². The molecule has 2 aliphatic heterocycles. The van der Waals surface area contributed by atoms with E-state index in [1.807, 2.05) is 6.07 Å². The molecule has 2 aromatic carbocycles. The number of carbonyl (C=O) groups is 3. The second kappa shape index (κ2) is 13.7. The molecular weight excluding hydrogens is 509 g/mol. The van der Waals surface area contributed by atoms with E-state index in [0.29, 0.717) is 35.0 Å². The van der Waals surface area contributed by atoms with Crippen LogP contribution in [-0.2, 0) is 20.9 Å². The maximum absolute atomic E-state index is 13.5. The Morgan fingerprint density at radius 1 is 1.12 bits per heavy atom. The van der Waals surface area contributed by atoms with Crippen LogP contribution in [0, 0.1) is 5.82 Å². The monoisotopic (exact) mass is 549 g/mol. The quantitative estimate of drug-likeness (QED) is 0.327. The number of allylic oxidation sites excluding steroid dienone is 1. The van der Waals surface area contributed by atoms with Gasteiger partial charge in [-0.1, -0.05) is 30.7 Å². The van der Waals surface area contributed by atoms with E-state index in [2.05, 4.69) is 17.1 Å². The highest BCUT2D eigenvalue weighted by molar-refractivity contribution is 5.96. The Bertz CT molecular complexity index is 1240. The minimum atomic E-state index is -0.520. The normalized spacial score (nSPS) is 20.0. The molecule has 8 heteroatoms. The van der Waals surface area contributed by atoms with Crippen molar-refractivity contribution in [1.29, 1.82) is 0 Å². The Labute approximate surface area is 236 Å². The molecule has 0 aromatic heterocycles. The molecule has 214 valence electrons. The summed E-state index contributed by atoms with van der Waals surface area (Å²) in [6, 6.07) is 13.7. The highest BCUT2D eigenvalue weighted by Gasteiger charge is 2.37. The number of benzene rings is 2. The van der Waals surface area contributed by atoms with Gasteiger partial charge in [0.15, 0.2) is 0 Å². The first-order chi connectivity index (χ1) is 19.3. The number of nitrogens with one attached hydrogen (secondary N) is 1. The molecule has 1 N–H and O–H groups in total. The second-order valence-electron chi connectivity index (χ2n) is 10.7. The van der Waals surface area contributed by atoms with Crippen LogP contribution in [0.25, 0.3) is 0 Å². The molecule has 7 nitrogen and oxygen atoms in total. The maximum Gasteiger partial charge on any atom is 0.336 e. The summed E-state index contributed by atoms with van der Waals surface area (Å²) < 4.78 is 18.9. The van der Waals surface area contributed by atoms with E-state index in [-0.39, 0.29) is 37.2 Å². The lowest BCUT2D eigenvalue weighted by atomic mass is 9.83. The fourth-order valence-corrected chi connectivity index (χ4v) is 5.73. The summed E-state index contributed by atoms with van der Waals surface area (Å²) in [5.41, 5.74) is 2.90. The Kier molecular flexibility index (Phi) is 10.1. The number of amides is 2. The Hall–Kier alpha value is -3.52. The average Bonchev–Trinajstić information content (AvgIpc) is 2.94. The summed E-state index contributed by atoms with van der Waals surface area (Å²) in [6.07, 6.45) is 4.73.